The van der Waals surface area contributed by atoms with Gasteiger partial charge in [-0.05, 0) is 23.0 Å². The van der Waals surface area contributed by atoms with E-state index in [4.69, 9.17) is 32.7 Å². The second-order valence-corrected chi connectivity index (χ2v) is 7.64. The molecule has 0 spiro atoms. The van der Waals surface area contributed by atoms with Crippen molar-refractivity contribution in [2.75, 3.05) is 0 Å². The standard InChI is InChI=1S/C16H20Cl2O4/c1-15(2,3)9-7-12(22-14(18)20)10(16(4,5)6)8-11(9)21-13(17)19/h7-8H,1-6H3. The van der Waals surface area contributed by atoms with Gasteiger partial charge in [-0.2, -0.15) is 0 Å². The normalized spacial score (nSPS) is 12.0. The van der Waals surface area contributed by atoms with Crippen molar-refractivity contribution in [3.05, 3.63) is 23.3 Å². The maximum Gasteiger partial charge on any atom is 0.409 e. The van der Waals surface area contributed by atoms with Gasteiger partial charge in [0.15, 0.2) is 0 Å². The molecule has 0 amide bonds. The molecule has 22 heavy (non-hydrogen) atoms. The fourth-order valence-corrected chi connectivity index (χ4v) is 2.24. The Morgan fingerprint density at radius 3 is 1.23 bits per heavy atom. The Bertz CT molecular complexity index is 542. The zero-order valence-electron chi connectivity index (χ0n) is 13.5. The highest BCUT2D eigenvalue weighted by Crippen LogP contribution is 2.41. The van der Waals surface area contributed by atoms with Crippen LogP contribution in [-0.4, -0.2) is 10.9 Å². The Kier molecular flexibility index (Phi) is 5.52. The van der Waals surface area contributed by atoms with Gasteiger partial charge in [0.25, 0.3) is 0 Å². The molecule has 0 fully saturated rings. The quantitative estimate of drug-likeness (QED) is 0.639. The van der Waals surface area contributed by atoms with Gasteiger partial charge in [0.2, 0.25) is 0 Å². The van der Waals surface area contributed by atoms with Crippen molar-refractivity contribution >= 4 is 34.1 Å². The third-order valence-electron chi connectivity index (χ3n) is 3.08. The second-order valence-electron chi connectivity index (χ2n) is 7.02. The van der Waals surface area contributed by atoms with E-state index in [2.05, 4.69) is 0 Å². The lowest BCUT2D eigenvalue weighted by Crippen LogP contribution is -2.19. The van der Waals surface area contributed by atoms with Crippen LogP contribution >= 0.6 is 23.2 Å². The first-order chi connectivity index (χ1) is 9.82. The minimum absolute atomic E-state index is 0.340. The molecule has 0 aliphatic heterocycles. The average molecular weight is 347 g/mol. The van der Waals surface area contributed by atoms with Gasteiger partial charge in [-0.15, -0.1) is 0 Å². The van der Waals surface area contributed by atoms with Gasteiger partial charge < -0.3 is 9.47 Å². The van der Waals surface area contributed by atoms with Crippen molar-refractivity contribution in [1.82, 2.24) is 0 Å². The summed E-state index contributed by atoms with van der Waals surface area (Å²) in [5, 5.41) is 0. The first kappa shape index (κ1) is 18.8. The predicted octanol–water partition coefficient (Wildman–Crippen LogP) is 5.76. The van der Waals surface area contributed by atoms with Gasteiger partial charge in [-0.1, -0.05) is 41.5 Å². The Labute approximate surface area is 140 Å². The van der Waals surface area contributed by atoms with Gasteiger partial charge in [-0.3, -0.25) is 0 Å². The van der Waals surface area contributed by atoms with Crippen LogP contribution < -0.4 is 9.47 Å². The van der Waals surface area contributed by atoms with Gasteiger partial charge in [0.1, 0.15) is 11.5 Å². The zero-order valence-corrected chi connectivity index (χ0v) is 15.1. The molecule has 4 nitrogen and oxygen atoms in total. The van der Waals surface area contributed by atoms with E-state index in [-0.39, 0.29) is 10.8 Å². The summed E-state index contributed by atoms with van der Waals surface area (Å²) in [6.45, 7) is 11.6. The van der Waals surface area contributed by atoms with Crippen molar-refractivity contribution in [3.8, 4) is 11.5 Å². The molecule has 6 heteroatoms. The highest BCUT2D eigenvalue weighted by Gasteiger charge is 2.28. The maximum absolute atomic E-state index is 11.2. The first-order valence-electron chi connectivity index (χ1n) is 6.76. The molecule has 1 rings (SSSR count). The van der Waals surface area contributed by atoms with Crippen molar-refractivity contribution < 1.29 is 19.1 Å². The van der Waals surface area contributed by atoms with Crippen molar-refractivity contribution in [2.24, 2.45) is 0 Å². The van der Waals surface area contributed by atoms with Crippen LogP contribution in [0.1, 0.15) is 52.7 Å². The van der Waals surface area contributed by atoms with E-state index in [0.717, 1.165) is 0 Å². The number of hydrogen-bond donors (Lipinski definition) is 0. The third-order valence-corrected chi connectivity index (χ3v) is 3.23. The summed E-state index contributed by atoms with van der Waals surface area (Å²) in [6, 6.07) is 3.33. The first-order valence-corrected chi connectivity index (χ1v) is 7.51. The Morgan fingerprint density at radius 1 is 0.773 bits per heavy atom. The number of halogens is 2. The van der Waals surface area contributed by atoms with E-state index in [0.29, 0.717) is 22.6 Å². The molecule has 0 saturated heterocycles. The van der Waals surface area contributed by atoms with Crippen LogP contribution in [0.25, 0.3) is 0 Å². The molecule has 0 heterocycles. The second kappa shape index (κ2) is 6.47. The van der Waals surface area contributed by atoms with E-state index in [1.54, 1.807) is 12.1 Å². The van der Waals surface area contributed by atoms with Crippen LogP contribution in [0.5, 0.6) is 11.5 Å². The number of carbonyl (C=O) groups is 2. The minimum Gasteiger partial charge on any atom is -0.414 e. The van der Waals surface area contributed by atoms with E-state index in [1.165, 1.54) is 0 Å². The van der Waals surface area contributed by atoms with Gasteiger partial charge >= 0.3 is 10.9 Å². The van der Waals surface area contributed by atoms with Crippen molar-refractivity contribution in [2.45, 2.75) is 52.4 Å². The molecule has 0 saturated carbocycles. The Hall–Kier alpha value is -1.26. The van der Waals surface area contributed by atoms with Gasteiger partial charge in [-0.25, -0.2) is 9.59 Å². The lowest BCUT2D eigenvalue weighted by atomic mass is 9.81. The average Bonchev–Trinajstić information content (AvgIpc) is 2.26. The molecule has 0 bridgehead atoms. The molecule has 0 unspecified atom stereocenters. The summed E-state index contributed by atoms with van der Waals surface area (Å²) in [4.78, 5) is 22.3. The highest BCUT2D eigenvalue weighted by atomic mass is 35.5. The van der Waals surface area contributed by atoms with Crippen LogP contribution in [0.15, 0.2) is 12.1 Å². The summed E-state index contributed by atoms with van der Waals surface area (Å²) in [5.74, 6) is 0.679. The maximum atomic E-state index is 11.2. The molecule has 0 aromatic heterocycles. The van der Waals surface area contributed by atoms with Crippen molar-refractivity contribution in [3.63, 3.8) is 0 Å². The molecule has 1 aromatic rings. The number of benzene rings is 1. The summed E-state index contributed by atoms with van der Waals surface area (Å²) in [6.07, 6.45) is 0. The summed E-state index contributed by atoms with van der Waals surface area (Å²) < 4.78 is 10.2. The molecule has 0 N–H and O–H groups in total. The van der Waals surface area contributed by atoms with Crippen LogP contribution in [0.4, 0.5) is 9.59 Å². The number of hydrogen-bond acceptors (Lipinski definition) is 4. The monoisotopic (exact) mass is 346 g/mol. The minimum atomic E-state index is -0.924. The molecular weight excluding hydrogens is 327 g/mol. The molecule has 1 aromatic carbocycles. The third kappa shape index (κ3) is 4.89. The predicted molar refractivity (Wildman–Crippen MR) is 87.6 cm³/mol. The fraction of sp³-hybridized carbons (Fsp3) is 0.500. The molecule has 0 aliphatic rings. The highest BCUT2D eigenvalue weighted by molar-refractivity contribution is 6.61. The molecular formula is C16H20Cl2O4. The van der Waals surface area contributed by atoms with Crippen LogP contribution in [0, 0.1) is 0 Å². The smallest absolute Gasteiger partial charge is 0.409 e. The zero-order chi connectivity index (χ0) is 17.3. The number of rotatable bonds is 2. The topological polar surface area (TPSA) is 52.6 Å². The molecule has 0 radical (unpaired) electrons. The van der Waals surface area contributed by atoms with Crippen LogP contribution in [0.2, 0.25) is 0 Å². The largest absolute Gasteiger partial charge is 0.414 e. The van der Waals surface area contributed by atoms with Gasteiger partial charge in [0, 0.05) is 34.3 Å². The van der Waals surface area contributed by atoms with Gasteiger partial charge in [0.05, 0.1) is 0 Å². The van der Waals surface area contributed by atoms with E-state index >= 15 is 0 Å². The SMILES string of the molecule is CC(C)(C)c1cc(OC(=O)Cl)c(C(C)(C)C)cc1OC(=O)Cl. The van der Waals surface area contributed by atoms with Crippen LogP contribution in [-0.2, 0) is 10.8 Å². The molecule has 0 aliphatic carbocycles. The molecule has 0 atom stereocenters. The fourth-order valence-electron chi connectivity index (χ4n) is 2.07. The summed E-state index contributed by atoms with van der Waals surface area (Å²) >= 11 is 10.7. The van der Waals surface area contributed by atoms with E-state index in [9.17, 15) is 9.59 Å². The lowest BCUT2D eigenvalue weighted by molar-refractivity contribution is 0.221. The van der Waals surface area contributed by atoms with Crippen molar-refractivity contribution in [1.29, 1.82) is 0 Å². The Balaban J connectivity index is 3.63. The summed E-state index contributed by atoms with van der Waals surface area (Å²) in [7, 11) is 0. The lowest BCUT2D eigenvalue weighted by Gasteiger charge is -2.27. The number of carbonyl (C=O) groups excluding carboxylic acids is 2. The number of ether oxygens (including phenoxy) is 2. The van der Waals surface area contributed by atoms with Crippen LogP contribution in [0.3, 0.4) is 0 Å². The Morgan fingerprint density at radius 2 is 1.05 bits per heavy atom. The molecule has 122 valence electrons. The summed E-state index contributed by atoms with van der Waals surface area (Å²) in [5.41, 5.74) is -1.19. The van der Waals surface area contributed by atoms with E-state index in [1.807, 2.05) is 41.5 Å². The van der Waals surface area contributed by atoms with E-state index < -0.39 is 10.9 Å².